The minimum absolute atomic E-state index is 0.158. The van der Waals surface area contributed by atoms with Crippen molar-refractivity contribution in [1.29, 1.82) is 0 Å². The summed E-state index contributed by atoms with van der Waals surface area (Å²) in [6.07, 6.45) is 0. The Morgan fingerprint density at radius 1 is 1.17 bits per heavy atom. The second-order valence-corrected chi connectivity index (χ2v) is 8.34. The van der Waals surface area contributed by atoms with E-state index in [1.165, 1.54) is 11.9 Å². The van der Waals surface area contributed by atoms with Gasteiger partial charge in [-0.2, -0.15) is 0 Å². The number of nitrogens with one attached hydrogen (secondary N) is 1. The predicted octanol–water partition coefficient (Wildman–Crippen LogP) is 4.91. The first kappa shape index (κ1) is 23.5. The summed E-state index contributed by atoms with van der Waals surface area (Å²) in [5.74, 6) is -0.0160. The monoisotopic (exact) mass is 500 g/mol. The van der Waals surface area contributed by atoms with Gasteiger partial charge in [0.1, 0.15) is 11.8 Å². The maximum atomic E-state index is 12.9. The van der Waals surface area contributed by atoms with E-state index < -0.39 is 6.04 Å². The highest BCUT2D eigenvalue weighted by atomic mass is 79.9. The molecule has 0 aliphatic heterocycles. The van der Waals surface area contributed by atoms with Crippen molar-refractivity contribution < 1.29 is 14.3 Å². The third-order valence-electron chi connectivity index (χ3n) is 4.54. The molecular weight excluding hydrogens is 479 g/mol. The number of carbonyl (C=O) groups is 2. The van der Waals surface area contributed by atoms with E-state index in [4.69, 9.17) is 27.9 Å². The Morgan fingerprint density at radius 2 is 1.79 bits per heavy atom. The molecular formula is C21H23BrCl2N2O3. The van der Waals surface area contributed by atoms with Crippen LogP contribution in [-0.4, -0.2) is 36.4 Å². The standard InChI is InChI=1S/C21H23BrCl2N2O3/c1-12-7-17(8-13(2)20(12)22)29-11-19(27)26(14(3)21(28)25-4)10-15-5-6-16(23)9-18(15)24/h5-9,14H,10-11H2,1-4H3,(H,25,28)/t14-/m0/s1. The van der Waals surface area contributed by atoms with Crippen molar-refractivity contribution in [3.63, 3.8) is 0 Å². The Kier molecular flexibility index (Phi) is 8.37. The van der Waals surface area contributed by atoms with Gasteiger partial charge in [0.05, 0.1) is 0 Å². The van der Waals surface area contributed by atoms with Gasteiger partial charge in [0.15, 0.2) is 6.61 Å². The number of benzene rings is 2. The van der Waals surface area contributed by atoms with E-state index in [2.05, 4.69) is 21.2 Å². The number of halogens is 3. The molecule has 8 heteroatoms. The molecule has 0 saturated heterocycles. The molecule has 5 nitrogen and oxygen atoms in total. The Balaban J connectivity index is 2.21. The van der Waals surface area contributed by atoms with Crippen molar-refractivity contribution >= 4 is 50.9 Å². The first-order chi connectivity index (χ1) is 13.6. The van der Waals surface area contributed by atoms with Gasteiger partial charge in [0.25, 0.3) is 5.91 Å². The Hall–Kier alpha value is -1.76. The van der Waals surface area contributed by atoms with Gasteiger partial charge >= 0.3 is 0 Å². The fourth-order valence-electron chi connectivity index (χ4n) is 2.84. The van der Waals surface area contributed by atoms with E-state index in [0.29, 0.717) is 21.4 Å². The average Bonchev–Trinajstić information content (AvgIpc) is 2.68. The number of ether oxygens (including phenoxy) is 1. The second-order valence-electron chi connectivity index (χ2n) is 6.71. The summed E-state index contributed by atoms with van der Waals surface area (Å²) in [5, 5.41) is 3.50. The minimum atomic E-state index is -0.698. The van der Waals surface area contributed by atoms with Crippen molar-refractivity contribution in [2.75, 3.05) is 13.7 Å². The Bertz CT molecular complexity index is 898. The number of likely N-dealkylation sites (N-methyl/N-ethyl adjacent to an activating group) is 1. The predicted molar refractivity (Wildman–Crippen MR) is 120 cm³/mol. The molecule has 0 saturated carbocycles. The van der Waals surface area contributed by atoms with E-state index in [-0.39, 0.29) is 25.0 Å². The molecule has 0 heterocycles. The number of aryl methyl sites for hydroxylation is 2. The molecule has 0 fully saturated rings. The van der Waals surface area contributed by atoms with Crippen molar-refractivity contribution in [2.45, 2.75) is 33.4 Å². The zero-order valence-corrected chi connectivity index (χ0v) is 19.8. The topological polar surface area (TPSA) is 58.6 Å². The quantitative estimate of drug-likeness (QED) is 0.586. The van der Waals surface area contributed by atoms with Gasteiger partial charge < -0.3 is 15.0 Å². The molecule has 0 spiro atoms. The highest BCUT2D eigenvalue weighted by Gasteiger charge is 2.26. The van der Waals surface area contributed by atoms with Crippen LogP contribution in [0.15, 0.2) is 34.8 Å². The zero-order chi connectivity index (χ0) is 21.7. The van der Waals surface area contributed by atoms with Gasteiger partial charge in [-0.3, -0.25) is 9.59 Å². The molecule has 0 radical (unpaired) electrons. The van der Waals surface area contributed by atoms with Crippen LogP contribution in [-0.2, 0) is 16.1 Å². The molecule has 2 rings (SSSR count). The lowest BCUT2D eigenvalue weighted by atomic mass is 10.1. The number of rotatable bonds is 7. The Labute approximate surface area is 189 Å². The SMILES string of the molecule is CNC(=O)[C@H](C)N(Cc1ccc(Cl)cc1Cl)C(=O)COc1cc(C)c(Br)c(C)c1. The molecule has 156 valence electrons. The number of amides is 2. The lowest BCUT2D eigenvalue weighted by Crippen LogP contribution is -2.48. The van der Waals surface area contributed by atoms with Crippen molar-refractivity contribution in [2.24, 2.45) is 0 Å². The van der Waals surface area contributed by atoms with Gasteiger partial charge in [-0.1, -0.05) is 45.2 Å². The highest BCUT2D eigenvalue weighted by Crippen LogP contribution is 2.27. The van der Waals surface area contributed by atoms with Crippen LogP contribution < -0.4 is 10.1 Å². The first-order valence-electron chi connectivity index (χ1n) is 8.98. The summed E-state index contributed by atoms with van der Waals surface area (Å²) in [6, 6.07) is 8.05. The molecule has 0 unspecified atom stereocenters. The summed E-state index contributed by atoms with van der Waals surface area (Å²) in [7, 11) is 1.53. The molecule has 1 atom stereocenters. The van der Waals surface area contributed by atoms with E-state index in [1.807, 2.05) is 26.0 Å². The summed E-state index contributed by atoms with van der Waals surface area (Å²) >= 11 is 15.7. The zero-order valence-electron chi connectivity index (χ0n) is 16.7. The van der Waals surface area contributed by atoms with Gasteiger partial charge in [-0.05, 0) is 61.7 Å². The normalized spacial score (nSPS) is 11.7. The van der Waals surface area contributed by atoms with Crippen LogP contribution in [0.1, 0.15) is 23.6 Å². The minimum Gasteiger partial charge on any atom is -0.484 e. The van der Waals surface area contributed by atoms with Crippen LogP contribution in [0.4, 0.5) is 0 Å². The third-order valence-corrected chi connectivity index (χ3v) is 6.38. The van der Waals surface area contributed by atoms with E-state index in [9.17, 15) is 9.59 Å². The lowest BCUT2D eigenvalue weighted by molar-refractivity contribution is -0.142. The van der Waals surface area contributed by atoms with Crippen LogP contribution in [0.25, 0.3) is 0 Å². The summed E-state index contributed by atoms with van der Waals surface area (Å²) in [5.41, 5.74) is 2.71. The molecule has 29 heavy (non-hydrogen) atoms. The average molecular weight is 502 g/mol. The highest BCUT2D eigenvalue weighted by molar-refractivity contribution is 9.10. The van der Waals surface area contributed by atoms with E-state index in [0.717, 1.165) is 15.6 Å². The van der Waals surface area contributed by atoms with Gasteiger partial charge in [-0.15, -0.1) is 0 Å². The van der Waals surface area contributed by atoms with Crippen molar-refractivity contribution in [1.82, 2.24) is 10.2 Å². The molecule has 2 aromatic carbocycles. The number of hydrogen-bond acceptors (Lipinski definition) is 3. The second kappa shape index (κ2) is 10.3. The van der Waals surface area contributed by atoms with Gasteiger partial charge in [-0.25, -0.2) is 0 Å². The van der Waals surface area contributed by atoms with E-state index >= 15 is 0 Å². The molecule has 0 aliphatic carbocycles. The van der Waals surface area contributed by atoms with Crippen LogP contribution in [0.2, 0.25) is 10.0 Å². The molecule has 0 aliphatic rings. The fraction of sp³-hybridized carbons (Fsp3) is 0.333. The van der Waals surface area contributed by atoms with Gasteiger partial charge in [0.2, 0.25) is 5.91 Å². The molecule has 0 bridgehead atoms. The number of carbonyl (C=O) groups excluding carboxylic acids is 2. The number of nitrogens with zero attached hydrogens (tertiary/aromatic N) is 1. The number of hydrogen-bond donors (Lipinski definition) is 1. The molecule has 2 aromatic rings. The summed E-state index contributed by atoms with van der Waals surface area (Å²) in [4.78, 5) is 26.6. The maximum absolute atomic E-state index is 12.9. The first-order valence-corrected chi connectivity index (χ1v) is 10.5. The van der Waals surface area contributed by atoms with Crippen LogP contribution in [0.3, 0.4) is 0 Å². The molecule has 1 N–H and O–H groups in total. The largest absolute Gasteiger partial charge is 0.484 e. The van der Waals surface area contributed by atoms with Crippen LogP contribution in [0, 0.1) is 13.8 Å². The molecule has 0 aromatic heterocycles. The Morgan fingerprint density at radius 3 is 2.34 bits per heavy atom. The summed E-state index contributed by atoms with van der Waals surface area (Å²) in [6.45, 7) is 5.52. The maximum Gasteiger partial charge on any atom is 0.261 e. The molecule has 2 amide bonds. The van der Waals surface area contributed by atoms with Crippen LogP contribution in [0.5, 0.6) is 5.75 Å². The van der Waals surface area contributed by atoms with Crippen LogP contribution >= 0.6 is 39.1 Å². The lowest BCUT2D eigenvalue weighted by Gasteiger charge is -2.28. The smallest absolute Gasteiger partial charge is 0.261 e. The van der Waals surface area contributed by atoms with Crippen molar-refractivity contribution in [3.8, 4) is 5.75 Å². The fourth-order valence-corrected chi connectivity index (χ4v) is 3.54. The van der Waals surface area contributed by atoms with Crippen molar-refractivity contribution in [3.05, 3.63) is 61.5 Å². The summed E-state index contributed by atoms with van der Waals surface area (Å²) < 4.78 is 6.72. The van der Waals surface area contributed by atoms with Gasteiger partial charge in [0, 0.05) is 28.1 Å². The van der Waals surface area contributed by atoms with E-state index in [1.54, 1.807) is 25.1 Å². The third kappa shape index (κ3) is 6.11.